The Labute approximate surface area is 107 Å². The topological polar surface area (TPSA) is 36.4 Å². The molecule has 0 saturated carbocycles. The van der Waals surface area contributed by atoms with Gasteiger partial charge in [0.2, 0.25) is 0 Å². The van der Waals surface area contributed by atoms with Gasteiger partial charge < -0.3 is 5.11 Å². The van der Waals surface area contributed by atoms with Crippen LogP contribution in [-0.4, -0.2) is 34.2 Å². The van der Waals surface area contributed by atoms with E-state index in [-0.39, 0.29) is 6.10 Å². The quantitative estimate of drug-likeness (QED) is 0.900. The number of hydrogen-bond acceptors (Lipinski definition) is 3. The van der Waals surface area contributed by atoms with Crippen molar-refractivity contribution < 1.29 is 5.11 Å². The highest BCUT2D eigenvalue weighted by Crippen LogP contribution is 2.21. The lowest BCUT2D eigenvalue weighted by Crippen LogP contribution is -2.36. The zero-order valence-corrected chi connectivity index (χ0v) is 10.9. The standard InChI is InChI=1S/C13H19ClN2O/c1-10(17)11-3-6-16(7-4-11)9-13-8-12(14)2-5-15-13/h2,5,8,10-11,17H,3-4,6-7,9H2,1H3. The van der Waals surface area contributed by atoms with E-state index in [1.807, 2.05) is 13.0 Å². The van der Waals surface area contributed by atoms with Crippen LogP contribution in [0, 0.1) is 5.92 Å². The molecule has 3 nitrogen and oxygen atoms in total. The molecule has 4 heteroatoms. The molecule has 0 aromatic carbocycles. The molecule has 1 fully saturated rings. The largest absolute Gasteiger partial charge is 0.393 e. The first-order chi connectivity index (χ1) is 8.15. The summed E-state index contributed by atoms with van der Waals surface area (Å²) in [5.74, 6) is 0.457. The highest BCUT2D eigenvalue weighted by atomic mass is 35.5. The third-order valence-corrected chi connectivity index (χ3v) is 3.71. The smallest absolute Gasteiger partial charge is 0.0558 e. The van der Waals surface area contributed by atoms with Crippen LogP contribution in [0.2, 0.25) is 5.02 Å². The summed E-state index contributed by atoms with van der Waals surface area (Å²) < 4.78 is 0. The van der Waals surface area contributed by atoms with Crippen molar-refractivity contribution >= 4 is 11.6 Å². The van der Waals surface area contributed by atoms with E-state index in [0.29, 0.717) is 5.92 Å². The van der Waals surface area contributed by atoms with Gasteiger partial charge in [0.25, 0.3) is 0 Å². The number of halogens is 1. The predicted octanol–water partition coefficient (Wildman–Crippen LogP) is 2.33. The zero-order chi connectivity index (χ0) is 12.3. The molecule has 2 rings (SSSR count). The van der Waals surface area contributed by atoms with Crippen LogP contribution in [0.1, 0.15) is 25.5 Å². The summed E-state index contributed by atoms with van der Waals surface area (Å²) in [4.78, 5) is 6.68. The highest BCUT2D eigenvalue weighted by molar-refractivity contribution is 6.30. The molecule has 1 atom stereocenters. The Balaban J connectivity index is 1.86. The minimum atomic E-state index is -0.179. The lowest BCUT2D eigenvalue weighted by Gasteiger charge is -2.32. The van der Waals surface area contributed by atoms with Crippen LogP contribution in [0.4, 0.5) is 0 Å². The Bertz CT molecular complexity index is 362. The number of nitrogens with zero attached hydrogens (tertiary/aromatic N) is 2. The Morgan fingerprint density at radius 2 is 2.24 bits per heavy atom. The van der Waals surface area contributed by atoms with Crippen molar-refractivity contribution in [2.45, 2.75) is 32.4 Å². The first-order valence-corrected chi connectivity index (χ1v) is 6.54. The second-order valence-electron chi connectivity index (χ2n) is 4.82. The molecule has 1 unspecified atom stereocenters. The van der Waals surface area contributed by atoms with Gasteiger partial charge in [-0.05, 0) is 50.9 Å². The van der Waals surface area contributed by atoms with Crippen molar-refractivity contribution in [1.29, 1.82) is 0 Å². The van der Waals surface area contributed by atoms with Gasteiger partial charge in [-0.25, -0.2) is 0 Å². The first-order valence-electron chi connectivity index (χ1n) is 6.16. The van der Waals surface area contributed by atoms with Crippen molar-refractivity contribution in [2.24, 2.45) is 5.92 Å². The van der Waals surface area contributed by atoms with Gasteiger partial charge in [-0.3, -0.25) is 9.88 Å². The fraction of sp³-hybridized carbons (Fsp3) is 0.615. The molecule has 0 radical (unpaired) electrons. The summed E-state index contributed by atoms with van der Waals surface area (Å²) in [6.45, 7) is 4.81. The van der Waals surface area contributed by atoms with Crippen molar-refractivity contribution in [3.8, 4) is 0 Å². The zero-order valence-electron chi connectivity index (χ0n) is 10.1. The molecule has 1 aliphatic heterocycles. The van der Waals surface area contributed by atoms with Gasteiger partial charge in [-0.15, -0.1) is 0 Å². The molecule has 1 saturated heterocycles. The second-order valence-corrected chi connectivity index (χ2v) is 5.26. The highest BCUT2D eigenvalue weighted by Gasteiger charge is 2.22. The lowest BCUT2D eigenvalue weighted by atomic mass is 9.92. The monoisotopic (exact) mass is 254 g/mol. The minimum absolute atomic E-state index is 0.179. The summed E-state index contributed by atoms with van der Waals surface area (Å²) in [7, 11) is 0. The van der Waals surface area contributed by atoms with Crippen LogP contribution in [0.25, 0.3) is 0 Å². The van der Waals surface area contributed by atoms with Gasteiger partial charge in [-0.1, -0.05) is 11.6 Å². The SMILES string of the molecule is CC(O)C1CCN(Cc2cc(Cl)ccn2)CC1. The molecule has 0 amide bonds. The van der Waals surface area contributed by atoms with Crippen molar-refractivity contribution in [3.05, 3.63) is 29.0 Å². The molecule has 0 aliphatic carbocycles. The number of likely N-dealkylation sites (tertiary alicyclic amines) is 1. The number of rotatable bonds is 3. The maximum absolute atomic E-state index is 9.54. The van der Waals surface area contributed by atoms with Gasteiger partial charge in [0.1, 0.15) is 0 Å². The summed E-state index contributed by atoms with van der Waals surface area (Å²) in [5, 5.41) is 10.3. The predicted molar refractivity (Wildman–Crippen MR) is 68.9 cm³/mol. The molecule has 1 N–H and O–H groups in total. The molecule has 0 bridgehead atoms. The minimum Gasteiger partial charge on any atom is -0.393 e. The molecule has 17 heavy (non-hydrogen) atoms. The molecular formula is C13H19ClN2O. The molecule has 2 heterocycles. The van der Waals surface area contributed by atoms with Gasteiger partial charge in [0.15, 0.2) is 0 Å². The number of aromatic nitrogens is 1. The van der Waals surface area contributed by atoms with Crippen molar-refractivity contribution in [1.82, 2.24) is 9.88 Å². The van der Waals surface area contributed by atoms with Gasteiger partial charge in [0.05, 0.1) is 11.8 Å². The van der Waals surface area contributed by atoms with E-state index in [1.54, 1.807) is 12.3 Å². The van der Waals surface area contributed by atoms with Crippen molar-refractivity contribution in [3.63, 3.8) is 0 Å². The summed E-state index contributed by atoms with van der Waals surface area (Å²) in [5.41, 5.74) is 1.02. The maximum atomic E-state index is 9.54. The molecule has 1 aromatic rings. The molecular weight excluding hydrogens is 236 g/mol. The average molecular weight is 255 g/mol. The number of aliphatic hydroxyl groups excluding tert-OH is 1. The fourth-order valence-electron chi connectivity index (χ4n) is 2.36. The second kappa shape index (κ2) is 5.80. The lowest BCUT2D eigenvalue weighted by molar-refractivity contribution is 0.0691. The number of aliphatic hydroxyl groups is 1. The molecule has 1 aromatic heterocycles. The van der Waals surface area contributed by atoms with E-state index in [4.69, 9.17) is 11.6 Å². The normalized spacial score (nSPS) is 20.4. The van der Waals surface area contributed by atoms with Crippen LogP contribution >= 0.6 is 11.6 Å². The third kappa shape index (κ3) is 3.66. The molecule has 0 spiro atoms. The van der Waals surface area contributed by atoms with Crippen molar-refractivity contribution in [2.75, 3.05) is 13.1 Å². The van der Waals surface area contributed by atoms with E-state index < -0.39 is 0 Å². The van der Waals surface area contributed by atoms with Crippen LogP contribution in [0.15, 0.2) is 18.3 Å². The van der Waals surface area contributed by atoms with Crippen LogP contribution in [0.3, 0.4) is 0 Å². The van der Waals surface area contributed by atoms with E-state index in [9.17, 15) is 5.11 Å². The van der Waals surface area contributed by atoms with E-state index in [1.165, 1.54) is 0 Å². The number of piperidine rings is 1. The van der Waals surface area contributed by atoms with E-state index >= 15 is 0 Å². The van der Waals surface area contributed by atoms with E-state index in [2.05, 4.69) is 9.88 Å². The number of hydrogen-bond donors (Lipinski definition) is 1. The van der Waals surface area contributed by atoms with Crippen LogP contribution in [-0.2, 0) is 6.54 Å². The summed E-state index contributed by atoms with van der Waals surface area (Å²) in [6.07, 6.45) is 3.71. The number of pyridine rings is 1. The van der Waals surface area contributed by atoms with Crippen LogP contribution < -0.4 is 0 Å². The Hall–Kier alpha value is -0.640. The van der Waals surface area contributed by atoms with Gasteiger partial charge in [-0.2, -0.15) is 0 Å². The van der Waals surface area contributed by atoms with Gasteiger partial charge in [0, 0.05) is 17.8 Å². The summed E-state index contributed by atoms with van der Waals surface area (Å²) >= 11 is 5.94. The maximum Gasteiger partial charge on any atom is 0.0558 e. The summed E-state index contributed by atoms with van der Waals surface area (Å²) in [6, 6.07) is 3.72. The molecule has 94 valence electrons. The van der Waals surface area contributed by atoms with E-state index in [0.717, 1.165) is 43.2 Å². The fourth-order valence-corrected chi connectivity index (χ4v) is 2.54. The van der Waals surface area contributed by atoms with Gasteiger partial charge >= 0.3 is 0 Å². The molecule has 1 aliphatic rings. The third-order valence-electron chi connectivity index (χ3n) is 3.48. The Kier molecular flexibility index (Phi) is 4.37. The Morgan fingerprint density at radius 1 is 1.53 bits per heavy atom. The van der Waals surface area contributed by atoms with Crippen LogP contribution in [0.5, 0.6) is 0 Å². The first kappa shape index (κ1) is 12.8. The Morgan fingerprint density at radius 3 is 2.82 bits per heavy atom. The average Bonchev–Trinajstić information content (AvgIpc) is 2.29.